The van der Waals surface area contributed by atoms with E-state index in [2.05, 4.69) is 41.4 Å². The molecule has 0 bridgehead atoms. The highest BCUT2D eigenvalue weighted by Crippen LogP contribution is 2.37. The van der Waals surface area contributed by atoms with E-state index in [0.29, 0.717) is 35.7 Å². The van der Waals surface area contributed by atoms with Crippen molar-refractivity contribution in [1.82, 2.24) is 30.2 Å². The summed E-state index contributed by atoms with van der Waals surface area (Å²) in [4.78, 5) is 17.8. The van der Waals surface area contributed by atoms with Gasteiger partial charge in [-0.2, -0.15) is 0 Å². The molecule has 5 rings (SSSR count). The van der Waals surface area contributed by atoms with E-state index in [1.54, 1.807) is 13.1 Å². The highest BCUT2D eigenvalue weighted by molar-refractivity contribution is 9.10. The van der Waals surface area contributed by atoms with Crippen LogP contribution in [0.2, 0.25) is 5.02 Å². The first-order valence-corrected chi connectivity index (χ1v) is 11.9. The Morgan fingerprint density at radius 3 is 2.88 bits per heavy atom. The molecule has 0 unspecified atom stereocenters. The van der Waals surface area contributed by atoms with Gasteiger partial charge in [0.2, 0.25) is 11.8 Å². The quantitative estimate of drug-likeness (QED) is 0.484. The second-order valence-corrected chi connectivity index (χ2v) is 9.91. The van der Waals surface area contributed by atoms with Crippen LogP contribution in [0.25, 0.3) is 11.0 Å². The Hall–Kier alpha value is -2.23. The molecule has 0 atom stereocenters. The summed E-state index contributed by atoms with van der Waals surface area (Å²) in [5.74, 6) is 2.35. The van der Waals surface area contributed by atoms with Crippen LogP contribution in [-0.2, 0) is 17.9 Å². The van der Waals surface area contributed by atoms with E-state index in [1.807, 2.05) is 22.9 Å². The van der Waals surface area contributed by atoms with Crippen LogP contribution in [0.15, 0.2) is 28.9 Å². The minimum absolute atomic E-state index is 0.00768. The zero-order valence-electron chi connectivity index (χ0n) is 17.7. The first kappa shape index (κ1) is 21.6. The van der Waals surface area contributed by atoms with E-state index in [4.69, 9.17) is 16.3 Å². The Morgan fingerprint density at radius 2 is 2.12 bits per heavy atom. The Bertz CT molecular complexity index is 1160. The molecule has 1 amide bonds. The number of fused-ring (bicyclic) bond motifs is 1. The normalized spacial score (nSPS) is 16.8. The van der Waals surface area contributed by atoms with Gasteiger partial charge in [-0.15, -0.1) is 5.10 Å². The van der Waals surface area contributed by atoms with Crippen LogP contribution in [0.4, 0.5) is 0 Å². The van der Waals surface area contributed by atoms with Gasteiger partial charge in [-0.05, 0) is 52.9 Å². The summed E-state index contributed by atoms with van der Waals surface area (Å²) < 4.78 is 8.93. The molecule has 1 saturated heterocycles. The number of hydrogen-bond donors (Lipinski definition) is 1. The molecular formula is C22H24BrClN6O2. The zero-order valence-corrected chi connectivity index (χ0v) is 20.1. The fraction of sp³-hybridized carbons (Fsp3) is 0.455. The van der Waals surface area contributed by atoms with Crippen LogP contribution in [0, 0.1) is 11.8 Å². The number of nitrogens with zero attached hydrogens (tertiary/aromatic N) is 5. The molecule has 32 heavy (non-hydrogen) atoms. The maximum Gasteiger partial charge on any atom is 0.223 e. The van der Waals surface area contributed by atoms with Crippen LogP contribution in [-0.4, -0.2) is 50.4 Å². The van der Waals surface area contributed by atoms with Gasteiger partial charge in [-0.25, -0.2) is 9.67 Å². The van der Waals surface area contributed by atoms with E-state index in [9.17, 15) is 4.79 Å². The van der Waals surface area contributed by atoms with Crippen molar-refractivity contribution in [3.63, 3.8) is 0 Å². The summed E-state index contributed by atoms with van der Waals surface area (Å²) in [7, 11) is 0. The summed E-state index contributed by atoms with van der Waals surface area (Å²) in [6, 6.07) is 5.81. The van der Waals surface area contributed by atoms with Gasteiger partial charge in [-0.1, -0.05) is 16.8 Å². The number of likely N-dealkylation sites (tertiary alicyclic amines) is 1. The third-order valence-corrected chi connectivity index (χ3v) is 6.86. The van der Waals surface area contributed by atoms with Crippen molar-refractivity contribution in [1.29, 1.82) is 0 Å². The first-order valence-electron chi connectivity index (χ1n) is 10.8. The van der Waals surface area contributed by atoms with Crippen LogP contribution >= 0.6 is 27.5 Å². The minimum atomic E-state index is 0.00768. The standard InChI is InChI=1S/C22H24BrClN6O2/c1-13(31)25-7-15-9-29(10-15)12-16-6-17(24)8-26-22(16)32-19-5-4-18-21(20(19)23)27-28-30(18)11-14-2-3-14/h4-6,8,14-15H,2-3,7,9-12H2,1H3,(H,25,31). The number of halogens is 2. The number of ether oxygens (including phenoxy) is 1. The first-order chi connectivity index (χ1) is 15.5. The number of aromatic nitrogens is 4. The molecule has 1 aromatic carbocycles. The molecule has 168 valence electrons. The highest BCUT2D eigenvalue weighted by Gasteiger charge is 2.28. The maximum atomic E-state index is 11.1. The van der Waals surface area contributed by atoms with Crippen molar-refractivity contribution >= 4 is 44.5 Å². The van der Waals surface area contributed by atoms with Gasteiger partial charge < -0.3 is 10.1 Å². The predicted molar refractivity (Wildman–Crippen MR) is 125 cm³/mol. The lowest BCUT2D eigenvalue weighted by Crippen LogP contribution is -2.50. The van der Waals surface area contributed by atoms with Crippen molar-refractivity contribution in [2.75, 3.05) is 19.6 Å². The number of pyridine rings is 1. The smallest absolute Gasteiger partial charge is 0.223 e. The van der Waals surface area contributed by atoms with E-state index >= 15 is 0 Å². The topological polar surface area (TPSA) is 85.2 Å². The molecule has 2 aliphatic rings. The molecule has 1 N–H and O–H groups in total. The lowest BCUT2D eigenvalue weighted by atomic mass is 9.99. The number of rotatable bonds is 8. The fourth-order valence-electron chi connectivity index (χ4n) is 3.99. The van der Waals surface area contributed by atoms with Crippen LogP contribution < -0.4 is 10.1 Å². The molecule has 2 fully saturated rings. The number of nitrogens with one attached hydrogen (secondary N) is 1. The molecule has 8 nitrogen and oxygen atoms in total. The van der Waals surface area contributed by atoms with Gasteiger partial charge in [0.05, 0.1) is 15.0 Å². The molecule has 0 radical (unpaired) electrons. The number of amides is 1. The summed E-state index contributed by atoms with van der Waals surface area (Å²) in [6.07, 6.45) is 4.12. The van der Waals surface area contributed by atoms with Crippen molar-refractivity contribution < 1.29 is 9.53 Å². The van der Waals surface area contributed by atoms with Crippen LogP contribution in [0.3, 0.4) is 0 Å². The lowest BCUT2D eigenvalue weighted by molar-refractivity contribution is -0.119. The Kier molecular flexibility index (Phi) is 6.05. The van der Waals surface area contributed by atoms with E-state index in [0.717, 1.165) is 46.6 Å². The van der Waals surface area contributed by atoms with Crippen molar-refractivity contribution in [3.8, 4) is 11.6 Å². The molecule has 3 heterocycles. The lowest BCUT2D eigenvalue weighted by Gasteiger charge is -2.39. The molecule has 1 aliphatic heterocycles. The monoisotopic (exact) mass is 518 g/mol. The van der Waals surface area contributed by atoms with E-state index in [-0.39, 0.29) is 5.91 Å². The molecule has 10 heteroatoms. The second-order valence-electron chi connectivity index (χ2n) is 8.68. The maximum absolute atomic E-state index is 11.1. The van der Waals surface area contributed by atoms with Crippen molar-refractivity contribution in [3.05, 3.63) is 39.5 Å². The summed E-state index contributed by atoms with van der Waals surface area (Å²) in [6.45, 7) is 5.65. The molecule has 0 spiro atoms. The second kappa shape index (κ2) is 8.96. The Balaban J connectivity index is 1.31. The number of carbonyl (C=O) groups excluding carboxylic acids is 1. The predicted octanol–water partition coefficient (Wildman–Crippen LogP) is 4.01. The number of hydrogen-bond acceptors (Lipinski definition) is 6. The summed E-state index contributed by atoms with van der Waals surface area (Å²) in [5.41, 5.74) is 2.69. The van der Waals surface area contributed by atoms with Gasteiger partial charge in [0.25, 0.3) is 0 Å². The fourth-order valence-corrected chi connectivity index (χ4v) is 4.66. The Labute approximate surface area is 199 Å². The molecule has 3 aromatic rings. The van der Waals surface area contributed by atoms with Gasteiger partial charge in [0.15, 0.2) is 0 Å². The average Bonchev–Trinajstić information content (AvgIpc) is 3.45. The van der Waals surface area contributed by atoms with Crippen molar-refractivity contribution in [2.24, 2.45) is 11.8 Å². The SMILES string of the molecule is CC(=O)NCC1CN(Cc2cc(Cl)cnc2Oc2ccc3c(nnn3CC3CC3)c2Br)C1. The molecule has 1 aliphatic carbocycles. The largest absolute Gasteiger partial charge is 0.437 e. The van der Waals surface area contributed by atoms with E-state index < -0.39 is 0 Å². The molecular weight excluding hydrogens is 496 g/mol. The van der Waals surface area contributed by atoms with E-state index in [1.165, 1.54) is 12.8 Å². The van der Waals surface area contributed by atoms with Crippen LogP contribution in [0.1, 0.15) is 25.3 Å². The van der Waals surface area contributed by atoms with Gasteiger partial charge in [-0.3, -0.25) is 9.69 Å². The number of benzene rings is 1. The summed E-state index contributed by atoms with van der Waals surface area (Å²) in [5, 5.41) is 12.1. The molecule has 1 saturated carbocycles. The van der Waals surface area contributed by atoms with Crippen LogP contribution in [0.5, 0.6) is 11.6 Å². The Morgan fingerprint density at radius 1 is 1.31 bits per heavy atom. The van der Waals surface area contributed by atoms with Crippen molar-refractivity contribution in [2.45, 2.75) is 32.9 Å². The highest BCUT2D eigenvalue weighted by atomic mass is 79.9. The third-order valence-electron chi connectivity index (χ3n) is 5.88. The minimum Gasteiger partial charge on any atom is -0.437 e. The van der Waals surface area contributed by atoms with Gasteiger partial charge >= 0.3 is 0 Å². The average molecular weight is 520 g/mol. The van der Waals surface area contributed by atoms with Gasteiger partial charge in [0, 0.05) is 57.3 Å². The number of carbonyl (C=O) groups is 1. The van der Waals surface area contributed by atoms with Gasteiger partial charge in [0.1, 0.15) is 11.3 Å². The zero-order chi connectivity index (χ0) is 22.2. The molecule has 2 aromatic heterocycles. The third kappa shape index (κ3) is 4.74. The summed E-state index contributed by atoms with van der Waals surface area (Å²) >= 11 is 9.87.